The molecule has 1 amide bonds. The van der Waals surface area contributed by atoms with Crippen LogP contribution in [0.3, 0.4) is 0 Å². The van der Waals surface area contributed by atoms with Crippen LogP contribution in [0.2, 0.25) is 0 Å². The number of carbonyl (C=O) groups is 1. The van der Waals surface area contributed by atoms with Gasteiger partial charge in [0.2, 0.25) is 0 Å². The van der Waals surface area contributed by atoms with Crippen molar-refractivity contribution < 1.29 is 13.2 Å². The van der Waals surface area contributed by atoms with Crippen LogP contribution in [-0.2, 0) is 14.8 Å². The van der Waals surface area contributed by atoms with Crippen molar-refractivity contribution in [2.45, 2.75) is 17.7 Å². The van der Waals surface area contributed by atoms with Crippen molar-refractivity contribution in [3.63, 3.8) is 0 Å². The second kappa shape index (κ2) is 8.99. The second-order valence-corrected chi connectivity index (χ2v) is 8.54. The van der Waals surface area contributed by atoms with Gasteiger partial charge in [-0.1, -0.05) is 36.4 Å². The predicted molar refractivity (Wildman–Crippen MR) is 110 cm³/mol. The fourth-order valence-corrected chi connectivity index (χ4v) is 4.37. The lowest BCUT2D eigenvalue weighted by Gasteiger charge is -2.24. The number of benzene rings is 2. The first-order valence-corrected chi connectivity index (χ1v) is 10.6. The normalized spacial score (nSPS) is 15.1. The topological polar surface area (TPSA) is 82.1 Å². The Labute approximate surface area is 165 Å². The Bertz CT molecular complexity index is 920. The molecular weight excluding hydrogens is 376 g/mol. The zero-order valence-corrected chi connectivity index (χ0v) is 16.6. The van der Waals surface area contributed by atoms with Gasteiger partial charge in [0.25, 0.3) is 15.9 Å². The number of rotatable bonds is 6. The summed E-state index contributed by atoms with van der Waals surface area (Å²) >= 11 is 0. The lowest BCUT2D eigenvalue weighted by atomic mass is 10.1. The lowest BCUT2D eigenvalue weighted by molar-refractivity contribution is -0.119. The van der Waals surface area contributed by atoms with Crippen LogP contribution < -0.4 is 9.73 Å². The molecule has 2 aromatic carbocycles. The number of piperidine rings is 1. The molecule has 7 nitrogen and oxygen atoms in total. The summed E-state index contributed by atoms with van der Waals surface area (Å²) in [6.07, 6.45) is 1.59. The van der Waals surface area contributed by atoms with E-state index in [1.165, 1.54) is 12.1 Å². The zero-order chi connectivity index (χ0) is 20.0. The lowest BCUT2D eigenvalue weighted by Crippen LogP contribution is -2.40. The van der Waals surface area contributed by atoms with Crippen molar-refractivity contribution in [1.82, 2.24) is 10.3 Å². The predicted octanol–water partition coefficient (Wildman–Crippen LogP) is 2.08. The van der Waals surface area contributed by atoms with Crippen LogP contribution in [0.25, 0.3) is 0 Å². The van der Waals surface area contributed by atoms with E-state index < -0.39 is 15.9 Å². The summed E-state index contributed by atoms with van der Waals surface area (Å²) in [5.74, 6) is -0.477. The third kappa shape index (κ3) is 4.96. The van der Waals surface area contributed by atoms with Crippen LogP contribution in [0.15, 0.2) is 70.7 Å². The molecule has 28 heavy (non-hydrogen) atoms. The van der Waals surface area contributed by atoms with Gasteiger partial charge in [0.1, 0.15) is 6.54 Å². The Kier molecular flexibility index (Phi) is 6.43. The molecule has 0 aromatic heterocycles. The number of carbonyl (C=O) groups excluding carboxylic acids is 1. The number of hydrogen-bond donors (Lipinski definition) is 1. The fourth-order valence-electron chi connectivity index (χ4n) is 2.92. The standard InChI is InChI=1S/C20H24N4O3S/c1-23-14-12-17(13-15-23)21-22-20(25)16-24(18-8-4-2-5-9-18)28(26,27)19-10-6-3-7-11-19/h2-11H,12-16H2,1H3,(H,22,25). The van der Waals surface area contributed by atoms with E-state index in [0.29, 0.717) is 5.69 Å². The SMILES string of the molecule is CN1CCC(=NNC(=O)CN(c2ccccc2)S(=O)(=O)c2ccccc2)CC1. The number of nitrogens with zero attached hydrogens (tertiary/aromatic N) is 3. The maximum Gasteiger partial charge on any atom is 0.264 e. The average molecular weight is 401 g/mol. The average Bonchev–Trinajstić information content (AvgIpc) is 2.73. The number of hydrogen-bond acceptors (Lipinski definition) is 5. The van der Waals surface area contributed by atoms with E-state index in [4.69, 9.17) is 0 Å². The molecule has 0 saturated carbocycles. The van der Waals surface area contributed by atoms with Gasteiger partial charge in [0, 0.05) is 31.6 Å². The molecule has 0 bridgehead atoms. The maximum atomic E-state index is 13.1. The molecule has 0 unspecified atom stereocenters. The molecule has 8 heteroatoms. The highest BCUT2D eigenvalue weighted by Gasteiger charge is 2.27. The van der Waals surface area contributed by atoms with E-state index >= 15 is 0 Å². The number of sulfonamides is 1. The van der Waals surface area contributed by atoms with Gasteiger partial charge in [0.15, 0.2) is 0 Å². The van der Waals surface area contributed by atoms with Gasteiger partial charge < -0.3 is 4.90 Å². The van der Waals surface area contributed by atoms with Crippen LogP contribution in [0.5, 0.6) is 0 Å². The smallest absolute Gasteiger partial charge is 0.264 e. The summed E-state index contributed by atoms with van der Waals surface area (Å²) in [4.78, 5) is 14.8. The van der Waals surface area contributed by atoms with E-state index in [-0.39, 0.29) is 11.4 Å². The van der Waals surface area contributed by atoms with E-state index in [1.54, 1.807) is 48.5 Å². The Morgan fingerprint density at radius 3 is 2.21 bits per heavy atom. The number of nitrogens with one attached hydrogen (secondary N) is 1. The number of amides is 1. The minimum Gasteiger partial charge on any atom is -0.306 e. The number of likely N-dealkylation sites (tertiary alicyclic amines) is 1. The van der Waals surface area contributed by atoms with Gasteiger partial charge >= 0.3 is 0 Å². The summed E-state index contributed by atoms with van der Waals surface area (Å²) in [5.41, 5.74) is 3.86. The van der Waals surface area contributed by atoms with Crippen LogP contribution in [-0.4, -0.2) is 51.6 Å². The van der Waals surface area contributed by atoms with Crippen molar-refractivity contribution in [3.05, 3.63) is 60.7 Å². The van der Waals surface area contributed by atoms with E-state index in [1.807, 2.05) is 7.05 Å². The van der Waals surface area contributed by atoms with Gasteiger partial charge in [-0.25, -0.2) is 13.8 Å². The molecule has 1 heterocycles. The summed E-state index contributed by atoms with van der Waals surface area (Å²) in [6, 6.07) is 16.7. The highest BCUT2D eigenvalue weighted by atomic mass is 32.2. The molecule has 0 aliphatic carbocycles. The quantitative estimate of drug-likeness (QED) is 0.753. The largest absolute Gasteiger partial charge is 0.306 e. The summed E-state index contributed by atoms with van der Waals surface area (Å²) < 4.78 is 27.3. The first-order valence-electron chi connectivity index (χ1n) is 9.12. The number of hydrazone groups is 1. The van der Waals surface area contributed by atoms with Crippen LogP contribution in [0.4, 0.5) is 5.69 Å². The van der Waals surface area contributed by atoms with Crippen LogP contribution >= 0.6 is 0 Å². The summed E-state index contributed by atoms with van der Waals surface area (Å²) in [5, 5.41) is 4.19. The maximum absolute atomic E-state index is 13.1. The fraction of sp³-hybridized carbons (Fsp3) is 0.300. The van der Waals surface area contributed by atoms with Gasteiger partial charge in [-0.05, 0) is 31.3 Å². The van der Waals surface area contributed by atoms with Crippen molar-refractivity contribution in [2.24, 2.45) is 5.10 Å². The van der Waals surface area contributed by atoms with Gasteiger partial charge in [0.05, 0.1) is 10.6 Å². The minimum absolute atomic E-state index is 0.133. The monoisotopic (exact) mass is 400 g/mol. The Balaban J connectivity index is 1.79. The van der Waals surface area contributed by atoms with Crippen molar-refractivity contribution >= 4 is 27.3 Å². The molecule has 2 aromatic rings. The number of anilines is 1. The second-order valence-electron chi connectivity index (χ2n) is 6.68. The molecule has 1 fully saturated rings. The highest BCUT2D eigenvalue weighted by Crippen LogP contribution is 2.23. The first-order chi connectivity index (χ1) is 13.5. The van der Waals surface area contributed by atoms with Gasteiger partial charge in [-0.15, -0.1) is 0 Å². The third-order valence-electron chi connectivity index (χ3n) is 4.57. The van der Waals surface area contributed by atoms with Gasteiger partial charge in [-0.2, -0.15) is 5.10 Å². The van der Waals surface area contributed by atoms with Crippen molar-refractivity contribution in [3.8, 4) is 0 Å². The van der Waals surface area contributed by atoms with Crippen LogP contribution in [0.1, 0.15) is 12.8 Å². The third-order valence-corrected chi connectivity index (χ3v) is 6.35. The minimum atomic E-state index is -3.88. The van der Waals surface area contributed by atoms with Crippen molar-refractivity contribution in [1.29, 1.82) is 0 Å². The summed E-state index contributed by atoms with van der Waals surface area (Å²) in [7, 11) is -1.84. The molecule has 1 N–H and O–H groups in total. The Morgan fingerprint density at radius 1 is 1.04 bits per heavy atom. The van der Waals surface area contributed by atoms with Crippen molar-refractivity contribution in [2.75, 3.05) is 31.0 Å². The molecule has 0 radical (unpaired) electrons. The molecule has 1 aliphatic rings. The Morgan fingerprint density at radius 2 is 1.61 bits per heavy atom. The zero-order valence-electron chi connectivity index (χ0n) is 15.8. The Hall–Kier alpha value is -2.71. The van der Waals surface area contributed by atoms with E-state index in [9.17, 15) is 13.2 Å². The molecule has 148 valence electrons. The van der Waals surface area contributed by atoms with E-state index in [0.717, 1.165) is 35.9 Å². The van der Waals surface area contributed by atoms with Crippen LogP contribution in [0, 0.1) is 0 Å². The van der Waals surface area contributed by atoms with E-state index in [2.05, 4.69) is 15.4 Å². The molecule has 3 rings (SSSR count). The molecule has 1 saturated heterocycles. The molecule has 1 aliphatic heterocycles. The highest BCUT2D eigenvalue weighted by molar-refractivity contribution is 7.92. The molecule has 0 spiro atoms. The van der Waals surface area contributed by atoms with Gasteiger partial charge in [-0.3, -0.25) is 9.10 Å². The number of para-hydroxylation sites is 1. The molecule has 0 atom stereocenters. The summed E-state index contributed by atoms with van der Waals surface area (Å²) in [6.45, 7) is 1.44. The molecular formula is C20H24N4O3S. The first kappa shape index (κ1) is 20.0.